The minimum absolute atomic E-state index is 0.0212. The van der Waals surface area contributed by atoms with Gasteiger partial charge in [0, 0.05) is 17.4 Å². The summed E-state index contributed by atoms with van der Waals surface area (Å²) in [6.07, 6.45) is 4.82. The van der Waals surface area contributed by atoms with Gasteiger partial charge in [-0.1, -0.05) is 19.9 Å². The minimum atomic E-state index is 0.0212. The molecule has 0 bridgehead atoms. The number of rotatable bonds is 4. The molecule has 4 heteroatoms. The third-order valence-corrected chi connectivity index (χ3v) is 4.50. The van der Waals surface area contributed by atoms with Crippen molar-refractivity contribution in [2.75, 3.05) is 24.6 Å². The van der Waals surface area contributed by atoms with E-state index in [9.17, 15) is 4.79 Å². The zero-order valence-electron chi connectivity index (χ0n) is 13.4. The van der Waals surface area contributed by atoms with Crippen molar-refractivity contribution in [2.24, 2.45) is 5.41 Å². The van der Waals surface area contributed by atoms with Crippen molar-refractivity contribution in [3.05, 3.63) is 24.3 Å². The summed E-state index contributed by atoms with van der Waals surface area (Å²) in [6.45, 7) is 5.09. The molecule has 1 amide bonds. The summed E-state index contributed by atoms with van der Waals surface area (Å²) in [5.74, 6) is 0.0212. The SMILES string of the molecule is CN(CC(=O)Nc1cccc(N)c1)C1CCC(C)(C)CC1. The Morgan fingerprint density at radius 1 is 1.38 bits per heavy atom. The molecule has 1 saturated carbocycles. The summed E-state index contributed by atoms with van der Waals surface area (Å²) in [7, 11) is 2.04. The summed E-state index contributed by atoms with van der Waals surface area (Å²) < 4.78 is 0. The molecule has 0 saturated heterocycles. The molecule has 0 aromatic heterocycles. The Morgan fingerprint density at radius 3 is 2.67 bits per heavy atom. The van der Waals surface area contributed by atoms with Gasteiger partial charge in [-0.2, -0.15) is 0 Å². The molecule has 1 aromatic carbocycles. The van der Waals surface area contributed by atoms with Crippen molar-refractivity contribution in [3.8, 4) is 0 Å². The molecule has 0 spiro atoms. The van der Waals surface area contributed by atoms with Gasteiger partial charge in [0.25, 0.3) is 0 Å². The number of amides is 1. The van der Waals surface area contributed by atoms with Crippen molar-refractivity contribution in [2.45, 2.75) is 45.6 Å². The average Bonchev–Trinajstić information content (AvgIpc) is 2.38. The highest BCUT2D eigenvalue weighted by Crippen LogP contribution is 2.36. The molecule has 1 aliphatic carbocycles. The monoisotopic (exact) mass is 289 g/mol. The summed E-state index contributed by atoms with van der Waals surface area (Å²) in [5, 5.41) is 2.91. The fraction of sp³-hybridized carbons (Fsp3) is 0.588. The molecule has 0 atom stereocenters. The molecular formula is C17H27N3O. The van der Waals surface area contributed by atoms with Crippen LogP contribution in [0.1, 0.15) is 39.5 Å². The van der Waals surface area contributed by atoms with Crippen LogP contribution in [0.2, 0.25) is 0 Å². The van der Waals surface area contributed by atoms with E-state index in [0.717, 1.165) is 5.69 Å². The molecule has 1 aliphatic rings. The normalized spacial score (nSPS) is 18.7. The van der Waals surface area contributed by atoms with Crippen LogP contribution in [0.4, 0.5) is 11.4 Å². The highest BCUT2D eigenvalue weighted by molar-refractivity contribution is 5.92. The fourth-order valence-corrected chi connectivity index (χ4v) is 3.00. The highest BCUT2D eigenvalue weighted by atomic mass is 16.2. The maximum Gasteiger partial charge on any atom is 0.238 e. The summed E-state index contributed by atoms with van der Waals surface area (Å²) >= 11 is 0. The van der Waals surface area contributed by atoms with Gasteiger partial charge in [0.05, 0.1) is 6.54 Å². The molecule has 1 fully saturated rings. The molecule has 3 N–H and O–H groups in total. The van der Waals surface area contributed by atoms with E-state index >= 15 is 0 Å². The molecule has 0 heterocycles. The summed E-state index contributed by atoms with van der Waals surface area (Å²) in [6, 6.07) is 7.81. The number of hydrogen-bond donors (Lipinski definition) is 2. The highest BCUT2D eigenvalue weighted by Gasteiger charge is 2.29. The number of anilines is 2. The average molecular weight is 289 g/mol. The van der Waals surface area contributed by atoms with Gasteiger partial charge in [-0.25, -0.2) is 0 Å². The number of nitrogen functional groups attached to an aromatic ring is 1. The topological polar surface area (TPSA) is 58.4 Å². The number of likely N-dealkylation sites (N-methyl/N-ethyl adjacent to an activating group) is 1. The first kappa shape index (κ1) is 15.8. The Hall–Kier alpha value is -1.55. The van der Waals surface area contributed by atoms with E-state index in [4.69, 9.17) is 5.73 Å². The van der Waals surface area contributed by atoms with Crippen molar-refractivity contribution in [1.29, 1.82) is 0 Å². The Bertz CT molecular complexity index is 489. The van der Waals surface area contributed by atoms with Crippen LogP contribution < -0.4 is 11.1 Å². The van der Waals surface area contributed by atoms with Gasteiger partial charge in [0.15, 0.2) is 0 Å². The fourth-order valence-electron chi connectivity index (χ4n) is 3.00. The Balaban J connectivity index is 1.82. The van der Waals surface area contributed by atoms with Crippen LogP contribution in [0.5, 0.6) is 0 Å². The number of nitrogens with zero attached hydrogens (tertiary/aromatic N) is 1. The Kier molecular flexibility index (Phi) is 4.88. The predicted octanol–water partition coefficient (Wildman–Crippen LogP) is 3.11. The van der Waals surface area contributed by atoms with Crippen LogP contribution in [0.3, 0.4) is 0 Å². The first-order valence-electron chi connectivity index (χ1n) is 7.71. The van der Waals surface area contributed by atoms with Gasteiger partial charge in [-0.15, -0.1) is 0 Å². The number of carbonyl (C=O) groups is 1. The lowest BCUT2D eigenvalue weighted by atomic mass is 9.75. The molecule has 21 heavy (non-hydrogen) atoms. The summed E-state index contributed by atoms with van der Waals surface area (Å²) in [4.78, 5) is 14.3. The van der Waals surface area contributed by atoms with Crippen molar-refractivity contribution >= 4 is 17.3 Å². The van der Waals surface area contributed by atoms with Crippen LogP contribution in [0.15, 0.2) is 24.3 Å². The second-order valence-corrected chi connectivity index (χ2v) is 6.98. The van der Waals surface area contributed by atoms with Gasteiger partial charge in [-0.3, -0.25) is 9.69 Å². The van der Waals surface area contributed by atoms with E-state index in [1.54, 1.807) is 6.07 Å². The van der Waals surface area contributed by atoms with Crippen LogP contribution in [0, 0.1) is 5.41 Å². The lowest BCUT2D eigenvalue weighted by Crippen LogP contribution is -2.41. The smallest absolute Gasteiger partial charge is 0.238 e. The van der Waals surface area contributed by atoms with E-state index in [2.05, 4.69) is 24.1 Å². The molecule has 2 rings (SSSR count). The van der Waals surface area contributed by atoms with Gasteiger partial charge in [0.2, 0.25) is 5.91 Å². The molecule has 1 aromatic rings. The molecule has 0 radical (unpaired) electrons. The van der Waals surface area contributed by atoms with Crippen LogP contribution in [0.25, 0.3) is 0 Å². The van der Waals surface area contributed by atoms with Crippen molar-refractivity contribution in [1.82, 2.24) is 4.90 Å². The van der Waals surface area contributed by atoms with E-state index in [0.29, 0.717) is 23.7 Å². The van der Waals surface area contributed by atoms with Crippen LogP contribution in [-0.4, -0.2) is 30.4 Å². The van der Waals surface area contributed by atoms with Crippen molar-refractivity contribution in [3.63, 3.8) is 0 Å². The minimum Gasteiger partial charge on any atom is -0.399 e. The number of hydrogen-bond acceptors (Lipinski definition) is 3. The number of carbonyl (C=O) groups excluding carboxylic acids is 1. The number of nitrogens with two attached hydrogens (primary N) is 1. The van der Waals surface area contributed by atoms with Gasteiger partial charge >= 0.3 is 0 Å². The predicted molar refractivity (Wildman–Crippen MR) is 88.2 cm³/mol. The first-order chi connectivity index (χ1) is 9.85. The molecule has 0 aliphatic heterocycles. The molecule has 116 valence electrons. The second kappa shape index (κ2) is 6.48. The quantitative estimate of drug-likeness (QED) is 0.837. The number of nitrogens with one attached hydrogen (secondary N) is 1. The van der Waals surface area contributed by atoms with Crippen molar-refractivity contribution < 1.29 is 4.79 Å². The Labute approximate surface area is 127 Å². The van der Waals surface area contributed by atoms with E-state index in [-0.39, 0.29) is 5.91 Å². The lowest BCUT2D eigenvalue weighted by molar-refractivity contribution is -0.117. The molecular weight excluding hydrogens is 262 g/mol. The zero-order valence-corrected chi connectivity index (χ0v) is 13.4. The number of benzene rings is 1. The Morgan fingerprint density at radius 2 is 2.05 bits per heavy atom. The maximum atomic E-state index is 12.1. The first-order valence-corrected chi connectivity index (χ1v) is 7.71. The van der Waals surface area contributed by atoms with Crippen LogP contribution >= 0.6 is 0 Å². The van der Waals surface area contributed by atoms with Gasteiger partial charge < -0.3 is 11.1 Å². The van der Waals surface area contributed by atoms with E-state index in [1.807, 2.05) is 25.2 Å². The standard InChI is InChI=1S/C17H27N3O/c1-17(2)9-7-15(8-10-17)20(3)12-16(21)19-14-6-4-5-13(18)11-14/h4-6,11,15H,7-10,12,18H2,1-3H3,(H,19,21). The molecule has 4 nitrogen and oxygen atoms in total. The van der Waals surface area contributed by atoms with Gasteiger partial charge in [0.1, 0.15) is 0 Å². The van der Waals surface area contributed by atoms with E-state index < -0.39 is 0 Å². The second-order valence-electron chi connectivity index (χ2n) is 6.98. The van der Waals surface area contributed by atoms with Crippen LogP contribution in [-0.2, 0) is 4.79 Å². The van der Waals surface area contributed by atoms with E-state index in [1.165, 1.54) is 25.7 Å². The van der Waals surface area contributed by atoms with Gasteiger partial charge in [-0.05, 0) is 56.3 Å². The molecule has 0 unspecified atom stereocenters. The third kappa shape index (κ3) is 4.74. The summed E-state index contributed by atoms with van der Waals surface area (Å²) in [5.41, 5.74) is 7.60. The zero-order chi connectivity index (χ0) is 15.5. The lowest BCUT2D eigenvalue weighted by Gasteiger charge is -2.38. The third-order valence-electron chi connectivity index (χ3n) is 4.50. The maximum absolute atomic E-state index is 12.1. The largest absolute Gasteiger partial charge is 0.399 e.